The van der Waals surface area contributed by atoms with Crippen molar-refractivity contribution >= 4 is 23.4 Å². The molecule has 3 aromatic rings. The van der Waals surface area contributed by atoms with E-state index in [1.807, 2.05) is 12.1 Å². The molecule has 8 heteroatoms. The van der Waals surface area contributed by atoms with Gasteiger partial charge in [-0.05, 0) is 49.2 Å². The van der Waals surface area contributed by atoms with Gasteiger partial charge in [0.2, 0.25) is 0 Å². The second-order valence-electron chi connectivity index (χ2n) is 7.50. The van der Waals surface area contributed by atoms with Crippen LogP contribution in [0.3, 0.4) is 0 Å². The molecule has 7 nitrogen and oxygen atoms in total. The van der Waals surface area contributed by atoms with Crippen LogP contribution in [0.1, 0.15) is 39.1 Å². The number of benzene rings is 1. The van der Waals surface area contributed by atoms with Crippen LogP contribution >= 0.6 is 11.6 Å². The highest BCUT2D eigenvalue weighted by molar-refractivity contribution is 6.29. The molecule has 1 N–H and O–H groups in total. The van der Waals surface area contributed by atoms with E-state index in [1.54, 1.807) is 47.5 Å². The molecule has 1 aromatic carbocycles. The number of hydrogen-bond acceptors (Lipinski definition) is 5. The minimum atomic E-state index is -0.194. The molecule has 0 saturated carbocycles. The Morgan fingerprint density at radius 2 is 1.75 bits per heavy atom. The summed E-state index contributed by atoms with van der Waals surface area (Å²) in [5.74, 6) is -0.245. The average molecular weight is 446 g/mol. The molecular weight excluding hydrogens is 426 g/mol. The second-order valence-corrected chi connectivity index (χ2v) is 7.89. The van der Waals surface area contributed by atoms with E-state index in [1.165, 1.54) is 6.20 Å². The van der Waals surface area contributed by atoms with Crippen LogP contribution in [-0.4, -0.2) is 45.8 Å². The fraction of sp³-hybridized carbons (Fsp3) is 0.208. The number of nitrogens with one attached hydrogen (secondary N) is 1. The van der Waals surface area contributed by atoms with Gasteiger partial charge in [-0.2, -0.15) is 5.26 Å². The molecule has 0 bridgehead atoms. The zero-order valence-corrected chi connectivity index (χ0v) is 17.9. The zero-order valence-electron chi connectivity index (χ0n) is 17.2. The maximum atomic E-state index is 12.9. The van der Waals surface area contributed by atoms with Gasteiger partial charge in [-0.15, -0.1) is 0 Å². The highest BCUT2D eigenvalue weighted by Crippen LogP contribution is 2.22. The van der Waals surface area contributed by atoms with Crippen LogP contribution in [0.5, 0.6) is 0 Å². The SMILES string of the molecule is N#Cc1cccnc1-c1ccc(C(=O)N2CCC(NC(=O)c3ccc(Cl)nc3)CC2)cc1. The number of halogens is 1. The lowest BCUT2D eigenvalue weighted by atomic mass is 10.0. The summed E-state index contributed by atoms with van der Waals surface area (Å²) in [7, 11) is 0. The van der Waals surface area contributed by atoms with Crippen molar-refractivity contribution in [2.45, 2.75) is 18.9 Å². The van der Waals surface area contributed by atoms with Gasteiger partial charge in [0.25, 0.3) is 11.8 Å². The molecule has 4 rings (SSSR count). The van der Waals surface area contributed by atoms with Gasteiger partial charge in [-0.25, -0.2) is 4.98 Å². The number of rotatable bonds is 4. The number of hydrogen-bond donors (Lipinski definition) is 1. The molecule has 0 spiro atoms. The third kappa shape index (κ3) is 4.76. The summed E-state index contributed by atoms with van der Waals surface area (Å²) in [4.78, 5) is 35.3. The summed E-state index contributed by atoms with van der Waals surface area (Å²) in [6.45, 7) is 1.12. The summed E-state index contributed by atoms with van der Waals surface area (Å²) in [5, 5.41) is 12.6. The van der Waals surface area contributed by atoms with Crippen molar-refractivity contribution in [3.05, 3.63) is 82.8 Å². The van der Waals surface area contributed by atoms with Crippen LogP contribution in [0.25, 0.3) is 11.3 Å². The number of nitriles is 1. The molecule has 1 aliphatic heterocycles. The molecule has 0 aliphatic carbocycles. The Bertz CT molecular complexity index is 1160. The third-order valence-corrected chi connectivity index (χ3v) is 5.66. The van der Waals surface area contributed by atoms with E-state index in [9.17, 15) is 14.9 Å². The molecule has 160 valence electrons. The molecule has 1 saturated heterocycles. The Labute approximate surface area is 190 Å². The fourth-order valence-electron chi connectivity index (χ4n) is 3.68. The van der Waals surface area contributed by atoms with E-state index >= 15 is 0 Å². The minimum absolute atomic E-state index is 0.00170. The number of piperidine rings is 1. The molecule has 1 aliphatic rings. The lowest BCUT2D eigenvalue weighted by Crippen LogP contribution is -2.46. The molecule has 2 aromatic heterocycles. The van der Waals surface area contributed by atoms with E-state index in [0.29, 0.717) is 53.5 Å². The number of nitrogens with zero attached hydrogens (tertiary/aromatic N) is 4. The van der Waals surface area contributed by atoms with Gasteiger partial charge in [0.15, 0.2) is 0 Å². The predicted octanol–water partition coefficient (Wildman–Crippen LogP) is 3.70. The number of carbonyl (C=O) groups excluding carboxylic acids is 2. The van der Waals surface area contributed by atoms with Crippen molar-refractivity contribution in [1.29, 1.82) is 5.26 Å². The Morgan fingerprint density at radius 1 is 1.03 bits per heavy atom. The number of likely N-dealkylation sites (tertiary alicyclic amines) is 1. The molecule has 0 unspecified atom stereocenters. The number of amides is 2. The Hall–Kier alpha value is -3.76. The maximum Gasteiger partial charge on any atom is 0.253 e. The smallest absolute Gasteiger partial charge is 0.253 e. The van der Waals surface area contributed by atoms with Gasteiger partial charge in [0.1, 0.15) is 11.2 Å². The highest BCUT2D eigenvalue weighted by atomic mass is 35.5. The van der Waals surface area contributed by atoms with Crippen LogP contribution in [0.15, 0.2) is 60.9 Å². The van der Waals surface area contributed by atoms with Crippen LogP contribution in [0, 0.1) is 11.3 Å². The van der Waals surface area contributed by atoms with Gasteiger partial charge in [-0.1, -0.05) is 23.7 Å². The molecule has 32 heavy (non-hydrogen) atoms. The monoisotopic (exact) mass is 445 g/mol. The largest absolute Gasteiger partial charge is 0.349 e. The minimum Gasteiger partial charge on any atom is -0.349 e. The molecule has 0 atom stereocenters. The van der Waals surface area contributed by atoms with Crippen molar-refractivity contribution in [1.82, 2.24) is 20.2 Å². The summed E-state index contributed by atoms with van der Waals surface area (Å²) >= 11 is 5.76. The van der Waals surface area contributed by atoms with Gasteiger partial charge in [0.05, 0.1) is 16.8 Å². The summed E-state index contributed by atoms with van der Waals surface area (Å²) in [6.07, 6.45) is 4.44. The first kappa shape index (κ1) is 21.5. The quantitative estimate of drug-likeness (QED) is 0.617. The van der Waals surface area contributed by atoms with Crippen LogP contribution in [-0.2, 0) is 0 Å². The molecule has 1 fully saturated rings. The standard InChI is InChI=1S/C24H20ClN5O2/c25-21-8-7-19(15-28-21)23(31)29-20-9-12-30(13-10-20)24(32)17-5-3-16(4-6-17)22-18(14-26)2-1-11-27-22/h1-8,11,15,20H,9-10,12-13H2,(H,29,31). The van der Waals surface area contributed by atoms with E-state index in [2.05, 4.69) is 21.4 Å². The van der Waals surface area contributed by atoms with Crippen molar-refractivity contribution < 1.29 is 9.59 Å². The highest BCUT2D eigenvalue weighted by Gasteiger charge is 2.25. The zero-order chi connectivity index (χ0) is 22.5. The predicted molar refractivity (Wildman–Crippen MR) is 120 cm³/mol. The normalized spacial score (nSPS) is 13.9. The first-order valence-corrected chi connectivity index (χ1v) is 10.6. The Kier molecular flexibility index (Phi) is 6.43. The van der Waals surface area contributed by atoms with Crippen molar-refractivity contribution in [2.24, 2.45) is 0 Å². The van der Waals surface area contributed by atoms with Gasteiger partial charge >= 0.3 is 0 Å². The van der Waals surface area contributed by atoms with E-state index in [4.69, 9.17) is 11.6 Å². The van der Waals surface area contributed by atoms with Crippen molar-refractivity contribution in [3.8, 4) is 17.3 Å². The van der Waals surface area contributed by atoms with E-state index in [-0.39, 0.29) is 17.9 Å². The number of pyridine rings is 2. The number of carbonyl (C=O) groups is 2. The topological polar surface area (TPSA) is 99.0 Å². The van der Waals surface area contributed by atoms with Crippen molar-refractivity contribution in [3.63, 3.8) is 0 Å². The lowest BCUT2D eigenvalue weighted by Gasteiger charge is -2.32. The Balaban J connectivity index is 1.35. The summed E-state index contributed by atoms with van der Waals surface area (Å²) in [5.41, 5.74) is 2.92. The third-order valence-electron chi connectivity index (χ3n) is 5.44. The van der Waals surface area contributed by atoms with Gasteiger partial charge in [-0.3, -0.25) is 14.6 Å². The lowest BCUT2D eigenvalue weighted by molar-refractivity contribution is 0.0698. The Morgan fingerprint density at radius 3 is 2.41 bits per heavy atom. The van der Waals surface area contributed by atoms with Crippen molar-refractivity contribution in [2.75, 3.05) is 13.1 Å². The molecular formula is C24H20ClN5O2. The van der Waals surface area contributed by atoms with Crippen LogP contribution < -0.4 is 5.32 Å². The first-order valence-electron chi connectivity index (χ1n) is 10.2. The maximum absolute atomic E-state index is 12.9. The fourth-order valence-corrected chi connectivity index (χ4v) is 3.80. The summed E-state index contributed by atoms with van der Waals surface area (Å²) in [6, 6.07) is 15.9. The van der Waals surface area contributed by atoms with Crippen LogP contribution in [0.4, 0.5) is 0 Å². The first-order chi connectivity index (χ1) is 15.5. The number of aromatic nitrogens is 2. The second kappa shape index (κ2) is 9.58. The van der Waals surface area contributed by atoms with Gasteiger partial charge < -0.3 is 10.2 Å². The summed E-state index contributed by atoms with van der Waals surface area (Å²) < 4.78 is 0. The van der Waals surface area contributed by atoms with Gasteiger partial charge in [0, 0.05) is 42.7 Å². The van der Waals surface area contributed by atoms with Crippen LogP contribution in [0.2, 0.25) is 5.15 Å². The van der Waals surface area contributed by atoms with E-state index in [0.717, 1.165) is 5.56 Å². The average Bonchev–Trinajstić information content (AvgIpc) is 2.84. The molecule has 3 heterocycles. The van der Waals surface area contributed by atoms with E-state index < -0.39 is 0 Å². The molecule has 2 amide bonds. The molecule has 0 radical (unpaired) electrons.